The Morgan fingerprint density at radius 1 is 1.07 bits per heavy atom. The van der Waals surface area contributed by atoms with Crippen LogP contribution in [0.4, 0.5) is 5.69 Å². The van der Waals surface area contributed by atoms with Crippen molar-refractivity contribution in [2.75, 3.05) is 18.5 Å². The van der Waals surface area contributed by atoms with Gasteiger partial charge in [-0.25, -0.2) is 4.98 Å². The average Bonchev–Trinajstić information content (AvgIpc) is 3.08. The molecule has 0 aliphatic heterocycles. The van der Waals surface area contributed by atoms with Crippen LogP contribution in [-0.2, 0) is 0 Å². The summed E-state index contributed by atoms with van der Waals surface area (Å²) in [6.07, 6.45) is 2.54. The summed E-state index contributed by atoms with van der Waals surface area (Å²) in [4.78, 5) is 29.4. The zero-order valence-electron chi connectivity index (χ0n) is 15.4. The van der Waals surface area contributed by atoms with Crippen LogP contribution in [0.15, 0.2) is 48.7 Å². The van der Waals surface area contributed by atoms with Gasteiger partial charge in [-0.15, -0.1) is 0 Å². The molecule has 2 amide bonds. The van der Waals surface area contributed by atoms with Crippen LogP contribution in [0.25, 0.3) is 5.52 Å². The highest BCUT2D eigenvalue weighted by Crippen LogP contribution is 2.18. The van der Waals surface area contributed by atoms with Gasteiger partial charge in [-0.1, -0.05) is 13.0 Å². The molecule has 0 atom stereocenters. The Morgan fingerprint density at radius 3 is 2.56 bits per heavy atom. The summed E-state index contributed by atoms with van der Waals surface area (Å²) in [7, 11) is 0. The second-order valence-electron chi connectivity index (χ2n) is 5.91. The third kappa shape index (κ3) is 4.08. The Labute approximate surface area is 157 Å². The minimum absolute atomic E-state index is 0.154. The molecular weight excluding hydrogens is 344 g/mol. The van der Waals surface area contributed by atoms with E-state index in [0.717, 1.165) is 12.2 Å². The van der Waals surface area contributed by atoms with E-state index in [2.05, 4.69) is 15.6 Å². The number of amides is 2. The largest absolute Gasteiger partial charge is 0.494 e. The van der Waals surface area contributed by atoms with E-state index >= 15 is 0 Å². The molecule has 0 unspecified atom stereocenters. The van der Waals surface area contributed by atoms with Crippen molar-refractivity contribution >= 4 is 23.0 Å². The Morgan fingerprint density at radius 2 is 1.85 bits per heavy atom. The quantitative estimate of drug-likeness (QED) is 0.673. The lowest BCUT2D eigenvalue weighted by atomic mass is 10.3. The zero-order valence-corrected chi connectivity index (χ0v) is 15.4. The minimum Gasteiger partial charge on any atom is -0.494 e. The molecule has 0 aliphatic rings. The minimum atomic E-state index is -0.394. The van der Waals surface area contributed by atoms with Crippen molar-refractivity contribution in [3.8, 4) is 5.75 Å². The number of fused-ring (bicyclic) bond motifs is 1. The second kappa shape index (κ2) is 8.35. The number of ether oxygens (including phenoxy) is 1. The number of aromatic nitrogens is 2. The Hall–Kier alpha value is -3.35. The van der Waals surface area contributed by atoms with Crippen LogP contribution in [0.2, 0.25) is 0 Å². The van der Waals surface area contributed by atoms with Gasteiger partial charge in [-0.2, -0.15) is 0 Å². The fourth-order valence-electron chi connectivity index (χ4n) is 2.68. The van der Waals surface area contributed by atoms with Gasteiger partial charge in [-0.3, -0.25) is 14.0 Å². The van der Waals surface area contributed by atoms with Gasteiger partial charge in [0.1, 0.15) is 5.75 Å². The first-order valence-electron chi connectivity index (χ1n) is 8.93. The van der Waals surface area contributed by atoms with Crippen molar-refractivity contribution in [2.24, 2.45) is 0 Å². The maximum atomic E-state index is 12.7. The molecule has 0 saturated heterocycles. The summed E-state index contributed by atoms with van der Waals surface area (Å²) in [5.41, 5.74) is 1.44. The molecule has 3 rings (SSSR count). The molecule has 0 bridgehead atoms. The van der Waals surface area contributed by atoms with Gasteiger partial charge in [0.2, 0.25) is 5.82 Å². The number of carbonyl (C=O) groups is 2. The lowest BCUT2D eigenvalue weighted by Gasteiger charge is -2.06. The van der Waals surface area contributed by atoms with E-state index in [0.29, 0.717) is 24.4 Å². The smallest absolute Gasteiger partial charge is 0.292 e. The van der Waals surface area contributed by atoms with Crippen molar-refractivity contribution in [3.63, 3.8) is 0 Å². The third-order valence-corrected chi connectivity index (χ3v) is 3.93. The lowest BCUT2D eigenvalue weighted by molar-refractivity contribution is 0.0951. The van der Waals surface area contributed by atoms with Crippen LogP contribution < -0.4 is 15.4 Å². The molecule has 2 aromatic heterocycles. The lowest BCUT2D eigenvalue weighted by Crippen LogP contribution is -2.24. The van der Waals surface area contributed by atoms with Crippen molar-refractivity contribution in [1.82, 2.24) is 14.7 Å². The van der Waals surface area contributed by atoms with Crippen molar-refractivity contribution in [2.45, 2.75) is 20.3 Å². The van der Waals surface area contributed by atoms with E-state index in [1.807, 2.05) is 19.9 Å². The molecule has 27 heavy (non-hydrogen) atoms. The molecule has 0 radical (unpaired) electrons. The summed E-state index contributed by atoms with van der Waals surface area (Å²) in [5.74, 6) is 0.202. The highest BCUT2D eigenvalue weighted by atomic mass is 16.5. The van der Waals surface area contributed by atoms with Gasteiger partial charge in [-0.05, 0) is 49.7 Å². The van der Waals surface area contributed by atoms with E-state index in [4.69, 9.17) is 4.74 Å². The molecule has 3 aromatic rings. The molecule has 0 aliphatic carbocycles. The van der Waals surface area contributed by atoms with E-state index in [-0.39, 0.29) is 17.4 Å². The van der Waals surface area contributed by atoms with Gasteiger partial charge >= 0.3 is 0 Å². The monoisotopic (exact) mass is 366 g/mol. The number of anilines is 1. The molecule has 1 aromatic carbocycles. The van der Waals surface area contributed by atoms with Gasteiger partial charge in [0.05, 0.1) is 12.1 Å². The molecule has 0 spiro atoms. The van der Waals surface area contributed by atoms with Crippen LogP contribution in [-0.4, -0.2) is 34.4 Å². The molecule has 140 valence electrons. The fourth-order valence-corrected chi connectivity index (χ4v) is 2.68. The molecule has 7 nitrogen and oxygen atoms in total. The van der Waals surface area contributed by atoms with Gasteiger partial charge < -0.3 is 15.4 Å². The summed E-state index contributed by atoms with van der Waals surface area (Å²) in [6, 6.07) is 12.4. The van der Waals surface area contributed by atoms with E-state index in [9.17, 15) is 9.59 Å². The van der Waals surface area contributed by atoms with Crippen molar-refractivity contribution in [1.29, 1.82) is 0 Å². The van der Waals surface area contributed by atoms with Crippen molar-refractivity contribution in [3.05, 3.63) is 60.2 Å². The number of nitrogens with one attached hydrogen (secondary N) is 2. The first-order valence-corrected chi connectivity index (χ1v) is 8.93. The van der Waals surface area contributed by atoms with Gasteiger partial charge in [0.25, 0.3) is 11.8 Å². The number of nitrogens with zero attached hydrogens (tertiary/aromatic N) is 2. The topological polar surface area (TPSA) is 84.7 Å². The van der Waals surface area contributed by atoms with Crippen LogP contribution in [0, 0.1) is 0 Å². The number of rotatable bonds is 7. The Balaban J connectivity index is 1.87. The number of benzene rings is 1. The Bertz CT molecular complexity index is 948. The van der Waals surface area contributed by atoms with E-state index in [1.165, 1.54) is 0 Å². The number of imidazole rings is 1. The first-order chi connectivity index (χ1) is 13.1. The number of hydrogen-bond donors (Lipinski definition) is 2. The standard InChI is InChI=1S/C20H22N4O3/c1-3-12-21-19(25)17-16-7-5-6-13-24(16)18(23-17)20(26)22-14-8-10-15(11-9-14)27-4-2/h5-11,13H,3-4,12H2,1-2H3,(H,21,25)(H,22,26). The number of carbonyl (C=O) groups excluding carboxylic acids is 2. The number of pyridine rings is 1. The van der Waals surface area contributed by atoms with E-state index in [1.54, 1.807) is 47.0 Å². The first kappa shape index (κ1) is 18.4. The number of hydrogen-bond acceptors (Lipinski definition) is 4. The summed E-state index contributed by atoms with van der Waals surface area (Å²) < 4.78 is 7.01. The van der Waals surface area contributed by atoms with Crippen LogP contribution in [0.5, 0.6) is 5.75 Å². The predicted molar refractivity (Wildman–Crippen MR) is 103 cm³/mol. The van der Waals surface area contributed by atoms with Crippen molar-refractivity contribution < 1.29 is 14.3 Å². The second-order valence-corrected chi connectivity index (χ2v) is 5.91. The van der Waals surface area contributed by atoms with Gasteiger partial charge in [0.15, 0.2) is 5.69 Å². The molecule has 7 heteroatoms. The van der Waals surface area contributed by atoms with Crippen LogP contribution in [0.1, 0.15) is 41.4 Å². The van der Waals surface area contributed by atoms with Gasteiger partial charge in [0, 0.05) is 18.4 Å². The SMILES string of the molecule is CCCNC(=O)c1nc(C(=O)Nc2ccc(OCC)cc2)n2ccccc12. The molecular formula is C20H22N4O3. The highest BCUT2D eigenvalue weighted by Gasteiger charge is 2.21. The Kier molecular flexibility index (Phi) is 5.71. The highest BCUT2D eigenvalue weighted by molar-refractivity contribution is 6.06. The van der Waals surface area contributed by atoms with Crippen LogP contribution >= 0.6 is 0 Å². The third-order valence-electron chi connectivity index (χ3n) is 3.93. The normalized spacial score (nSPS) is 10.6. The molecule has 0 saturated carbocycles. The average molecular weight is 366 g/mol. The van der Waals surface area contributed by atoms with E-state index < -0.39 is 5.91 Å². The summed E-state index contributed by atoms with van der Waals surface area (Å²) in [5, 5.41) is 5.61. The summed E-state index contributed by atoms with van der Waals surface area (Å²) in [6.45, 7) is 5.02. The molecule has 0 fully saturated rings. The predicted octanol–water partition coefficient (Wildman–Crippen LogP) is 3.13. The maximum absolute atomic E-state index is 12.7. The molecule has 2 heterocycles. The maximum Gasteiger partial charge on any atom is 0.292 e. The summed E-state index contributed by atoms with van der Waals surface area (Å²) >= 11 is 0. The zero-order chi connectivity index (χ0) is 19.2. The van der Waals surface area contributed by atoms with Crippen LogP contribution in [0.3, 0.4) is 0 Å². The fraction of sp³-hybridized carbons (Fsp3) is 0.250. The molecule has 2 N–H and O–H groups in total.